The van der Waals surface area contributed by atoms with Gasteiger partial charge in [0.2, 0.25) is 0 Å². The average Bonchev–Trinajstić information content (AvgIpc) is 2.38. The van der Waals surface area contributed by atoms with Crippen LogP contribution in [-0.2, 0) is 15.9 Å². The molecule has 0 saturated carbocycles. The first-order valence-electron chi connectivity index (χ1n) is 6.57. The molecule has 0 atom stereocenters. The Labute approximate surface area is 115 Å². The van der Waals surface area contributed by atoms with Gasteiger partial charge in [-0.25, -0.2) is 0 Å². The first kappa shape index (κ1) is 15.8. The Bertz CT molecular complexity index is 384. The summed E-state index contributed by atoms with van der Waals surface area (Å²) < 4.78 is 22.0. The summed E-state index contributed by atoms with van der Waals surface area (Å²) in [5.74, 6) is 0.833. The normalized spacial score (nSPS) is 11.4. The summed E-state index contributed by atoms with van der Waals surface area (Å²) in [6.45, 7) is 7.11. The van der Waals surface area contributed by atoms with E-state index in [-0.39, 0.29) is 0 Å². The maximum atomic E-state index is 5.71. The predicted octanol–water partition coefficient (Wildman–Crippen LogP) is 3.04. The van der Waals surface area contributed by atoms with Gasteiger partial charge in [0.1, 0.15) is 0 Å². The Morgan fingerprint density at radius 1 is 0.947 bits per heavy atom. The molecule has 4 nitrogen and oxygen atoms in total. The second kappa shape index (κ2) is 7.36. The van der Waals surface area contributed by atoms with Crippen molar-refractivity contribution in [2.75, 3.05) is 27.4 Å². The van der Waals surface area contributed by atoms with Crippen LogP contribution in [0.15, 0.2) is 18.2 Å². The summed E-state index contributed by atoms with van der Waals surface area (Å²) in [5.41, 5.74) is 1.09. The number of methoxy groups -OCH3 is 2. The van der Waals surface area contributed by atoms with E-state index in [4.69, 9.17) is 18.9 Å². The van der Waals surface area contributed by atoms with Crippen LogP contribution in [0.1, 0.15) is 26.3 Å². The van der Waals surface area contributed by atoms with E-state index in [9.17, 15) is 0 Å². The molecular weight excluding hydrogens is 244 g/mol. The van der Waals surface area contributed by atoms with Crippen LogP contribution in [0, 0.1) is 0 Å². The van der Waals surface area contributed by atoms with E-state index in [1.165, 1.54) is 0 Å². The zero-order valence-electron chi connectivity index (χ0n) is 12.5. The lowest BCUT2D eigenvalue weighted by Crippen LogP contribution is -2.35. The van der Waals surface area contributed by atoms with Gasteiger partial charge in [0, 0.05) is 19.6 Å². The quantitative estimate of drug-likeness (QED) is 0.679. The fourth-order valence-electron chi connectivity index (χ4n) is 2.12. The van der Waals surface area contributed by atoms with E-state index in [2.05, 4.69) is 0 Å². The van der Waals surface area contributed by atoms with Gasteiger partial charge in [-0.1, -0.05) is 6.07 Å². The number of ether oxygens (including phenoxy) is 4. The highest BCUT2D eigenvalue weighted by Crippen LogP contribution is 2.30. The van der Waals surface area contributed by atoms with Crippen molar-refractivity contribution in [2.24, 2.45) is 0 Å². The second-order valence-electron chi connectivity index (χ2n) is 4.37. The monoisotopic (exact) mass is 268 g/mol. The number of rotatable bonds is 8. The summed E-state index contributed by atoms with van der Waals surface area (Å²) in [6.07, 6.45) is 0.662. The van der Waals surface area contributed by atoms with Gasteiger partial charge in [-0.2, -0.15) is 0 Å². The maximum absolute atomic E-state index is 5.71. The topological polar surface area (TPSA) is 36.9 Å². The molecule has 0 heterocycles. The van der Waals surface area contributed by atoms with Gasteiger partial charge in [0.25, 0.3) is 0 Å². The molecule has 0 aliphatic rings. The van der Waals surface area contributed by atoms with Crippen molar-refractivity contribution in [1.29, 1.82) is 0 Å². The molecule has 0 saturated heterocycles. The average molecular weight is 268 g/mol. The fraction of sp³-hybridized carbons (Fsp3) is 0.600. The lowest BCUT2D eigenvalue weighted by molar-refractivity contribution is -0.219. The molecule has 1 rings (SSSR count). The minimum Gasteiger partial charge on any atom is -0.493 e. The smallest absolute Gasteiger partial charge is 0.169 e. The van der Waals surface area contributed by atoms with Crippen molar-refractivity contribution in [3.63, 3.8) is 0 Å². The minimum absolute atomic E-state index is 0.608. The summed E-state index contributed by atoms with van der Waals surface area (Å²) >= 11 is 0. The Balaban J connectivity index is 2.90. The van der Waals surface area contributed by atoms with Crippen LogP contribution in [0.5, 0.6) is 11.5 Å². The molecule has 0 N–H and O–H groups in total. The van der Waals surface area contributed by atoms with E-state index < -0.39 is 5.79 Å². The molecule has 0 aromatic heterocycles. The molecule has 108 valence electrons. The highest BCUT2D eigenvalue weighted by molar-refractivity contribution is 5.43. The van der Waals surface area contributed by atoms with Gasteiger partial charge in [-0.05, 0) is 38.5 Å². The highest BCUT2D eigenvalue weighted by atomic mass is 16.7. The second-order valence-corrected chi connectivity index (χ2v) is 4.37. The zero-order chi connectivity index (χ0) is 14.3. The maximum Gasteiger partial charge on any atom is 0.169 e. The predicted molar refractivity (Wildman–Crippen MR) is 74.9 cm³/mol. The summed E-state index contributed by atoms with van der Waals surface area (Å²) in [5, 5.41) is 0. The molecule has 19 heavy (non-hydrogen) atoms. The van der Waals surface area contributed by atoms with Crippen LogP contribution < -0.4 is 9.47 Å². The third kappa shape index (κ3) is 4.40. The zero-order valence-corrected chi connectivity index (χ0v) is 12.5. The highest BCUT2D eigenvalue weighted by Gasteiger charge is 2.25. The van der Waals surface area contributed by atoms with Crippen molar-refractivity contribution in [3.8, 4) is 11.5 Å². The molecule has 0 unspecified atom stereocenters. The van der Waals surface area contributed by atoms with Gasteiger partial charge in [-0.3, -0.25) is 0 Å². The number of hydrogen-bond acceptors (Lipinski definition) is 4. The Kier molecular flexibility index (Phi) is 6.12. The molecule has 0 aliphatic heterocycles. The minimum atomic E-state index is -0.608. The van der Waals surface area contributed by atoms with Crippen molar-refractivity contribution >= 4 is 0 Å². The molecule has 0 amide bonds. The van der Waals surface area contributed by atoms with E-state index in [0.29, 0.717) is 19.6 Å². The molecule has 0 radical (unpaired) electrons. The number of hydrogen-bond donors (Lipinski definition) is 0. The van der Waals surface area contributed by atoms with Gasteiger partial charge in [0.15, 0.2) is 17.3 Å². The van der Waals surface area contributed by atoms with Crippen LogP contribution in [0.4, 0.5) is 0 Å². The van der Waals surface area contributed by atoms with Crippen LogP contribution in [-0.4, -0.2) is 33.2 Å². The molecule has 0 fully saturated rings. The molecule has 0 aliphatic carbocycles. The Hall–Kier alpha value is -1.26. The molecule has 1 aromatic rings. The van der Waals surface area contributed by atoms with E-state index >= 15 is 0 Å². The van der Waals surface area contributed by atoms with Gasteiger partial charge >= 0.3 is 0 Å². The largest absolute Gasteiger partial charge is 0.493 e. The van der Waals surface area contributed by atoms with Crippen molar-refractivity contribution in [2.45, 2.75) is 33.0 Å². The van der Waals surface area contributed by atoms with E-state index in [1.807, 2.05) is 39.0 Å². The number of benzene rings is 1. The van der Waals surface area contributed by atoms with E-state index in [1.54, 1.807) is 14.2 Å². The van der Waals surface area contributed by atoms with Crippen LogP contribution >= 0.6 is 0 Å². The first-order valence-corrected chi connectivity index (χ1v) is 6.57. The van der Waals surface area contributed by atoms with E-state index in [0.717, 1.165) is 17.1 Å². The van der Waals surface area contributed by atoms with Crippen molar-refractivity contribution in [1.82, 2.24) is 0 Å². The summed E-state index contributed by atoms with van der Waals surface area (Å²) in [6, 6.07) is 5.85. The Morgan fingerprint density at radius 3 is 2.00 bits per heavy atom. The third-order valence-electron chi connectivity index (χ3n) is 2.87. The standard InChI is InChI=1S/C15H24O4/c1-6-18-15(3,19-7-2)11-12-8-9-13(16-4)14(10-12)17-5/h8-10H,6-7,11H2,1-5H3. The lowest BCUT2D eigenvalue weighted by Gasteiger charge is -2.29. The van der Waals surface area contributed by atoms with Gasteiger partial charge in [0.05, 0.1) is 14.2 Å². The lowest BCUT2D eigenvalue weighted by atomic mass is 10.1. The summed E-state index contributed by atoms with van der Waals surface area (Å²) in [7, 11) is 3.26. The van der Waals surface area contributed by atoms with Gasteiger partial charge < -0.3 is 18.9 Å². The molecular formula is C15H24O4. The molecule has 0 spiro atoms. The molecule has 1 aromatic carbocycles. The van der Waals surface area contributed by atoms with Crippen LogP contribution in [0.3, 0.4) is 0 Å². The summed E-state index contributed by atoms with van der Waals surface area (Å²) in [4.78, 5) is 0. The van der Waals surface area contributed by atoms with Crippen LogP contribution in [0.2, 0.25) is 0 Å². The third-order valence-corrected chi connectivity index (χ3v) is 2.87. The van der Waals surface area contributed by atoms with Crippen LogP contribution in [0.25, 0.3) is 0 Å². The SMILES string of the molecule is CCOC(C)(Cc1ccc(OC)c(OC)c1)OCC. The molecule has 0 bridgehead atoms. The first-order chi connectivity index (χ1) is 9.08. The Morgan fingerprint density at radius 2 is 1.53 bits per heavy atom. The van der Waals surface area contributed by atoms with Crippen molar-refractivity contribution < 1.29 is 18.9 Å². The van der Waals surface area contributed by atoms with Crippen molar-refractivity contribution in [3.05, 3.63) is 23.8 Å². The molecule has 4 heteroatoms. The van der Waals surface area contributed by atoms with Gasteiger partial charge in [-0.15, -0.1) is 0 Å². The fourth-order valence-corrected chi connectivity index (χ4v) is 2.12.